The number of piperazine rings is 1. The van der Waals surface area contributed by atoms with Gasteiger partial charge in [-0.15, -0.1) is 0 Å². The zero-order valence-electron chi connectivity index (χ0n) is 11.3. The van der Waals surface area contributed by atoms with Crippen LogP contribution in [0.3, 0.4) is 0 Å². The lowest BCUT2D eigenvalue weighted by Gasteiger charge is -2.35. The maximum atomic E-state index is 12.6. The Bertz CT molecular complexity index is 644. The van der Waals surface area contributed by atoms with Gasteiger partial charge in [-0.1, -0.05) is 11.6 Å². The molecule has 2 unspecified atom stereocenters. The normalized spacial score (nSPS) is 24.3. The minimum Gasteiger partial charge on any atom is -0.309 e. The van der Waals surface area contributed by atoms with Gasteiger partial charge in [0.2, 0.25) is 10.0 Å². The topological polar surface area (TPSA) is 73.2 Å². The van der Waals surface area contributed by atoms with Crippen LogP contribution in [-0.2, 0) is 10.0 Å². The van der Waals surface area contributed by atoms with E-state index >= 15 is 0 Å². The number of rotatable bonds is 2. The highest BCUT2D eigenvalue weighted by Gasteiger charge is 2.31. The van der Waals surface area contributed by atoms with E-state index in [2.05, 4.69) is 5.32 Å². The summed E-state index contributed by atoms with van der Waals surface area (Å²) in [4.78, 5) is 0.128. The summed E-state index contributed by atoms with van der Waals surface area (Å²) in [6.07, 6.45) is 0. The van der Waals surface area contributed by atoms with E-state index in [0.29, 0.717) is 13.1 Å². The van der Waals surface area contributed by atoms with Crippen molar-refractivity contribution >= 4 is 21.6 Å². The Morgan fingerprint density at radius 3 is 2.45 bits per heavy atom. The average Bonchev–Trinajstić information content (AvgIpc) is 2.37. The van der Waals surface area contributed by atoms with Gasteiger partial charge < -0.3 is 5.32 Å². The van der Waals surface area contributed by atoms with Crippen molar-refractivity contribution in [1.82, 2.24) is 9.62 Å². The molecule has 0 radical (unpaired) electrons. The number of nitrogens with zero attached hydrogens (tertiary/aromatic N) is 2. The molecular formula is C13H16ClN3O2S. The molecule has 0 aliphatic carbocycles. The zero-order chi connectivity index (χ0) is 14.9. The second-order valence-electron chi connectivity index (χ2n) is 5.04. The van der Waals surface area contributed by atoms with Crippen LogP contribution >= 0.6 is 11.6 Å². The predicted molar refractivity (Wildman–Crippen MR) is 77.0 cm³/mol. The maximum absolute atomic E-state index is 12.6. The smallest absolute Gasteiger partial charge is 0.243 e. The third-order valence-corrected chi connectivity index (χ3v) is 5.36. The van der Waals surface area contributed by atoms with Crippen LogP contribution in [0.25, 0.3) is 0 Å². The lowest BCUT2D eigenvalue weighted by Crippen LogP contribution is -2.55. The second kappa shape index (κ2) is 5.70. The Labute approximate surface area is 124 Å². The third-order valence-electron chi connectivity index (χ3n) is 3.22. The molecule has 0 spiro atoms. The third kappa shape index (κ3) is 2.96. The molecule has 1 aromatic carbocycles. The van der Waals surface area contributed by atoms with Crippen molar-refractivity contribution in [2.45, 2.75) is 30.8 Å². The summed E-state index contributed by atoms with van der Waals surface area (Å²) in [7, 11) is -3.58. The first-order chi connectivity index (χ1) is 9.34. The Balaban J connectivity index is 2.35. The summed E-state index contributed by atoms with van der Waals surface area (Å²) < 4.78 is 26.6. The van der Waals surface area contributed by atoms with Crippen LogP contribution in [0.2, 0.25) is 5.02 Å². The van der Waals surface area contributed by atoms with Gasteiger partial charge in [0.1, 0.15) is 6.07 Å². The van der Waals surface area contributed by atoms with Crippen molar-refractivity contribution < 1.29 is 8.42 Å². The summed E-state index contributed by atoms with van der Waals surface area (Å²) in [6.45, 7) is 4.74. The number of nitriles is 1. The molecule has 108 valence electrons. The minimum atomic E-state index is -3.58. The lowest BCUT2D eigenvalue weighted by molar-refractivity contribution is 0.263. The van der Waals surface area contributed by atoms with Gasteiger partial charge in [0.05, 0.1) is 15.5 Å². The molecule has 0 aromatic heterocycles. The number of sulfonamides is 1. The number of nitrogens with one attached hydrogen (secondary N) is 1. The van der Waals surface area contributed by atoms with E-state index < -0.39 is 10.0 Å². The summed E-state index contributed by atoms with van der Waals surface area (Å²) in [5.74, 6) is 0. The van der Waals surface area contributed by atoms with E-state index in [-0.39, 0.29) is 27.6 Å². The first-order valence-electron chi connectivity index (χ1n) is 6.30. The largest absolute Gasteiger partial charge is 0.309 e. The van der Waals surface area contributed by atoms with Crippen molar-refractivity contribution in [2.75, 3.05) is 13.1 Å². The Morgan fingerprint density at radius 2 is 1.95 bits per heavy atom. The first kappa shape index (κ1) is 15.3. The summed E-state index contributed by atoms with van der Waals surface area (Å²) in [5.41, 5.74) is 0.271. The Kier molecular flexibility index (Phi) is 4.35. The zero-order valence-corrected chi connectivity index (χ0v) is 12.9. The predicted octanol–water partition coefficient (Wildman–Crippen LogP) is 1.58. The van der Waals surface area contributed by atoms with E-state index in [1.54, 1.807) is 0 Å². The molecule has 1 aromatic rings. The molecule has 20 heavy (non-hydrogen) atoms. The van der Waals surface area contributed by atoms with Crippen LogP contribution in [0.15, 0.2) is 23.1 Å². The highest BCUT2D eigenvalue weighted by molar-refractivity contribution is 7.89. The van der Waals surface area contributed by atoms with Gasteiger partial charge >= 0.3 is 0 Å². The van der Waals surface area contributed by atoms with Crippen LogP contribution in [0.5, 0.6) is 0 Å². The highest BCUT2D eigenvalue weighted by Crippen LogP contribution is 2.24. The van der Waals surface area contributed by atoms with E-state index in [1.807, 2.05) is 19.9 Å². The molecule has 7 heteroatoms. The lowest BCUT2D eigenvalue weighted by atomic mass is 10.2. The molecule has 1 fully saturated rings. The fourth-order valence-corrected chi connectivity index (χ4v) is 4.30. The maximum Gasteiger partial charge on any atom is 0.243 e. The van der Waals surface area contributed by atoms with Gasteiger partial charge in [0, 0.05) is 25.2 Å². The molecule has 0 amide bonds. The number of hydrogen-bond donors (Lipinski definition) is 1. The summed E-state index contributed by atoms with van der Waals surface area (Å²) in [6, 6.07) is 6.32. The molecule has 2 atom stereocenters. The molecule has 1 aliphatic heterocycles. The number of hydrogen-bond acceptors (Lipinski definition) is 4. The van der Waals surface area contributed by atoms with Crippen LogP contribution in [0, 0.1) is 11.3 Å². The van der Waals surface area contributed by atoms with Gasteiger partial charge in [-0.25, -0.2) is 8.42 Å². The fraction of sp³-hybridized carbons (Fsp3) is 0.462. The van der Waals surface area contributed by atoms with Crippen LogP contribution < -0.4 is 5.32 Å². The van der Waals surface area contributed by atoms with Gasteiger partial charge in [-0.2, -0.15) is 9.57 Å². The van der Waals surface area contributed by atoms with Gasteiger partial charge in [-0.05, 0) is 32.0 Å². The second-order valence-corrected chi connectivity index (χ2v) is 7.39. The van der Waals surface area contributed by atoms with Crippen molar-refractivity contribution in [2.24, 2.45) is 0 Å². The molecule has 1 heterocycles. The molecule has 0 saturated carbocycles. The number of benzene rings is 1. The minimum absolute atomic E-state index is 0.0994. The molecular weight excluding hydrogens is 298 g/mol. The summed E-state index contributed by atoms with van der Waals surface area (Å²) in [5, 5.41) is 12.3. The van der Waals surface area contributed by atoms with E-state index in [0.717, 1.165) is 0 Å². The first-order valence-corrected chi connectivity index (χ1v) is 8.12. The fourth-order valence-electron chi connectivity index (χ4n) is 2.37. The van der Waals surface area contributed by atoms with E-state index in [4.69, 9.17) is 16.9 Å². The molecule has 1 saturated heterocycles. The monoisotopic (exact) mass is 313 g/mol. The van der Waals surface area contributed by atoms with E-state index in [1.165, 1.54) is 22.5 Å². The number of halogens is 1. The molecule has 5 nitrogen and oxygen atoms in total. The quantitative estimate of drug-likeness (QED) is 0.899. The average molecular weight is 314 g/mol. The molecule has 1 N–H and O–H groups in total. The van der Waals surface area contributed by atoms with Gasteiger partial charge in [0.25, 0.3) is 0 Å². The van der Waals surface area contributed by atoms with Crippen molar-refractivity contribution in [3.05, 3.63) is 28.8 Å². The van der Waals surface area contributed by atoms with Crippen LogP contribution in [0.1, 0.15) is 19.4 Å². The summed E-state index contributed by atoms with van der Waals surface area (Å²) >= 11 is 5.91. The highest BCUT2D eigenvalue weighted by atomic mass is 35.5. The standard InChI is InChI=1S/C13H16ClN3O2S/c1-9-7-17(8-10(2)16-9)20(18,19)12-4-3-11(6-15)13(14)5-12/h3-5,9-10,16H,7-8H2,1-2H3. The SMILES string of the molecule is CC1CN(S(=O)(=O)c2ccc(C#N)c(Cl)c2)CC(C)N1. The van der Waals surface area contributed by atoms with Gasteiger partial charge in [0.15, 0.2) is 0 Å². The Morgan fingerprint density at radius 1 is 1.35 bits per heavy atom. The van der Waals surface area contributed by atoms with Crippen LogP contribution in [-0.4, -0.2) is 37.9 Å². The van der Waals surface area contributed by atoms with Crippen molar-refractivity contribution in [3.63, 3.8) is 0 Å². The molecule has 0 bridgehead atoms. The molecule has 1 aliphatic rings. The van der Waals surface area contributed by atoms with E-state index in [9.17, 15) is 8.42 Å². The van der Waals surface area contributed by atoms with Gasteiger partial charge in [-0.3, -0.25) is 0 Å². The van der Waals surface area contributed by atoms with Crippen molar-refractivity contribution in [1.29, 1.82) is 5.26 Å². The van der Waals surface area contributed by atoms with Crippen LogP contribution in [0.4, 0.5) is 0 Å². The molecule has 2 rings (SSSR count). The Hall–Kier alpha value is -1.13. The van der Waals surface area contributed by atoms with Crippen molar-refractivity contribution in [3.8, 4) is 6.07 Å².